The van der Waals surface area contributed by atoms with Crippen LogP contribution in [0.2, 0.25) is 0 Å². The zero-order valence-electron chi connectivity index (χ0n) is 14.0. The summed E-state index contributed by atoms with van der Waals surface area (Å²) in [6, 6.07) is 7.90. The van der Waals surface area contributed by atoms with E-state index < -0.39 is 17.2 Å². The number of hydrogen-bond acceptors (Lipinski definition) is 6. The SMILES string of the molecule is C=Cc1oc(=O)c(C(C)c2c(O)c3ccccc3oc2=O)cc1C(=C)O. The van der Waals surface area contributed by atoms with Gasteiger partial charge in [0.1, 0.15) is 22.9 Å². The third-order valence-corrected chi connectivity index (χ3v) is 4.22. The average Bonchev–Trinajstić information content (AvgIpc) is 2.60. The van der Waals surface area contributed by atoms with Crippen LogP contribution in [-0.2, 0) is 0 Å². The van der Waals surface area contributed by atoms with Crippen LogP contribution in [0.5, 0.6) is 5.75 Å². The van der Waals surface area contributed by atoms with Crippen LogP contribution in [-0.4, -0.2) is 10.2 Å². The summed E-state index contributed by atoms with van der Waals surface area (Å²) < 4.78 is 10.4. The van der Waals surface area contributed by atoms with Gasteiger partial charge in [0.25, 0.3) is 0 Å². The highest BCUT2D eigenvalue weighted by atomic mass is 16.4. The van der Waals surface area contributed by atoms with Crippen molar-refractivity contribution in [3.63, 3.8) is 0 Å². The summed E-state index contributed by atoms with van der Waals surface area (Å²) >= 11 is 0. The first-order valence-electron chi connectivity index (χ1n) is 7.78. The second-order valence-corrected chi connectivity index (χ2v) is 5.79. The lowest BCUT2D eigenvalue weighted by Crippen LogP contribution is -2.19. The molecule has 2 N–H and O–H groups in total. The van der Waals surface area contributed by atoms with Gasteiger partial charge in [-0.1, -0.05) is 32.2 Å². The number of rotatable bonds is 4. The Morgan fingerprint density at radius 1 is 1.19 bits per heavy atom. The van der Waals surface area contributed by atoms with Crippen molar-refractivity contribution in [1.29, 1.82) is 0 Å². The van der Waals surface area contributed by atoms with E-state index in [-0.39, 0.29) is 39.5 Å². The van der Waals surface area contributed by atoms with Crippen LogP contribution >= 0.6 is 0 Å². The highest BCUT2D eigenvalue weighted by Crippen LogP contribution is 2.33. The molecule has 1 atom stereocenters. The van der Waals surface area contributed by atoms with Gasteiger partial charge in [0.05, 0.1) is 16.5 Å². The molecule has 0 bridgehead atoms. The van der Waals surface area contributed by atoms with Gasteiger partial charge in [-0.05, 0) is 24.3 Å². The van der Waals surface area contributed by atoms with Crippen LogP contribution in [0, 0.1) is 0 Å². The van der Waals surface area contributed by atoms with Crippen LogP contribution in [0.15, 0.2) is 61.9 Å². The second kappa shape index (κ2) is 6.40. The van der Waals surface area contributed by atoms with Crippen LogP contribution in [0.1, 0.15) is 35.3 Å². The van der Waals surface area contributed by atoms with Gasteiger partial charge >= 0.3 is 11.3 Å². The quantitative estimate of drug-likeness (QED) is 0.547. The summed E-state index contributed by atoms with van der Waals surface area (Å²) in [6.07, 6.45) is 1.27. The maximum Gasteiger partial charge on any atom is 0.343 e. The fourth-order valence-electron chi connectivity index (χ4n) is 2.86. The summed E-state index contributed by atoms with van der Waals surface area (Å²) in [4.78, 5) is 24.7. The molecule has 1 aromatic carbocycles. The van der Waals surface area contributed by atoms with E-state index in [9.17, 15) is 19.8 Å². The molecule has 3 aromatic rings. The number of aliphatic hydroxyl groups excluding tert-OH is 1. The van der Waals surface area contributed by atoms with E-state index >= 15 is 0 Å². The molecule has 0 aliphatic carbocycles. The average molecular weight is 352 g/mol. The number of para-hydroxylation sites is 1. The van der Waals surface area contributed by atoms with E-state index in [1.54, 1.807) is 31.2 Å². The van der Waals surface area contributed by atoms with Crippen LogP contribution in [0.4, 0.5) is 0 Å². The summed E-state index contributed by atoms with van der Waals surface area (Å²) in [7, 11) is 0. The molecule has 1 unspecified atom stereocenters. The second-order valence-electron chi connectivity index (χ2n) is 5.79. The smallest absolute Gasteiger partial charge is 0.343 e. The minimum atomic E-state index is -0.843. The summed E-state index contributed by atoms with van der Waals surface area (Å²) in [5, 5.41) is 20.6. The number of hydrogen-bond donors (Lipinski definition) is 2. The van der Waals surface area contributed by atoms with Gasteiger partial charge < -0.3 is 19.0 Å². The molecule has 0 fully saturated rings. The van der Waals surface area contributed by atoms with Gasteiger partial charge in [-0.25, -0.2) is 9.59 Å². The van der Waals surface area contributed by atoms with Gasteiger partial charge in [-0.3, -0.25) is 0 Å². The minimum Gasteiger partial charge on any atom is -0.508 e. The van der Waals surface area contributed by atoms with E-state index in [0.29, 0.717) is 5.39 Å². The Hall–Kier alpha value is -3.54. The molecule has 0 saturated heterocycles. The molecule has 0 saturated carbocycles. The van der Waals surface area contributed by atoms with Crippen molar-refractivity contribution in [2.24, 2.45) is 0 Å². The van der Waals surface area contributed by atoms with E-state index in [1.807, 2.05) is 0 Å². The molecule has 2 aromatic heterocycles. The Kier molecular flexibility index (Phi) is 4.26. The zero-order chi connectivity index (χ0) is 19.0. The molecule has 0 amide bonds. The Bertz CT molecular complexity index is 1150. The van der Waals surface area contributed by atoms with E-state index in [2.05, 4.69) is 13.2 Å². The minimum absolute atomic E-state index is 0.0632. The molecule has 132 valence electrons. The van der Waals surface area contributed by atoms with Crippen molar-refractivity contribution in [1.82, 2.24) is 0 Å². The topological polar surface area (TPSA) is 101 Å². The van der Waals surface area contributed by atoms with Crippen molar-refractivity contribution in [2.75, 3.05) is 0 Å². The summed E-state index contributed by atoms with van der Waals surface area (Å²) in [5.74, 6) is -1.36. The molecule has 0 aliphatic rings. The molecule has 3 rings (SSSR count). The Morgan fingerprint density at radius 2 is 1.88 bits per heavy atom. The van der Waals surface area contributed by atoms with E-state index in [4.69, 9.17) is 8.83 Å². The molecule has 6 nitrogen and oxygen atoms in total. The maximum atomic E-state index is 12.4. The van der Waals surface area contributed by atoms with E-state index in [0.717, 1.165) is 0 Å². The first-order valence-corrected chi connectivity index (χ1v) is 7.78. The van der Waals surface area contributed by atoms with Crippen LogP contribution in [0.3, 0.4) is 0 Å². The molecular weight excluding hydrogens is 336 g/mol. The zero-order valence-corrected chi connectivity index (χ0v) is 14.0. The van der Waals surface area contributed by atoms with Gasteiger partial charge in [0.15, 0.2) is 0 Å². The monoisotopic (exact) mass is 352 g/mol. The molecular formula is C20H16O6. The van der Waals surface area contributed by atoms with Crippen molar-refractivity contribution >= 4 is 22.8 Å². The van der Waals surface area contributed by atoms with Gasteiger partial charge in [0.2, 0.25) is 0 Å². The number of benzene rings is 1. The molecule has 6 heteroatoms. The predicted octanol–water partition coefficient (Wildman–Crippen LogP) is 3.78. The van der Waals surface area contributed by atoms with Gasteiger partial charge in [0, 0.05) is 11.5 Å². The highest BCUT2D eigenvalue weighted by Gasteiger charge is 2.25. The van der Waals surface area contributed by atoms with Gasteiger partial charge in [-0.15, -0.1) is 0 Å². The van der Waals surface area contributed by atoms with Crippen LogP contribution in [0.25, 0.3) is 22.8 Å². The van der Waals surface area contributed by atoms with Gasteiger partial charge in [-0.2, -0.15) is 0 Å². The molecule has 0 aliphatic heterocycles. The van der Waals surface area contributed by atoms with Crippen molar-refractivity contribution in [3.05, 3.63) is 86.8 Å². The lowest BCUT2D eigenvalue weighted by Gasteiger charge is -2.14. The molecule has 0 spiro atoms. The lowest BCUT2D eigenvalue weighted by molar-refractivity contribution is 0.448. The Balaban J connectivity index is 2.27. The van der Waals surface area contributed by atoms with E-state index in [1.165, 1.54) is 12.1 Å². The predicted molar refractivity (Wildman–Crippen MR) is 98.4 cm³/mol. The van der Waals surface area contributed by atoms with Crippen molar-refractivity contribution < 1.29 is 19.0 Å². The summed E-state index contributed by atoms with van der Waals surface area (Å²) in [5.41, 5.74) is -1.07. The summed E-state index contributed by atoms with van der Waals surface area (Å²) in [6.45, 7) is 8.51. The standard InChI is InChI=1S/C20H16O6/c1-4-15-14(11(3)21)9-13(19(23)25-15)10(2)17-18(22)12-7-5-6-8-16(12)26-20(17)24/h4-10,21-22H,1,3H2,2H3. The highest BCUT2D eigenvalue weighted by molar-refractivity contribution is 5.84. The maximum absolute atomic E-state index is 12.4. The van der Waals surface area contributed by atoms with Crippen LogP contribution < -0.4 is 11.3 Å². The molecule has 2 heterocycles. The van der Waals surface area contributed by atoms with Crippen molar-refractivity contribution in [2.45, 2.75) is 12.8 Å². The number of aromatic hydroxyl groups is 1. The number of aliphatic hydroxyl groups is 1. The molecule has 0 radical (unpaired) electrons. The third kappa shape index (κ3) is 2.71. The first-order chi connectivity index (χ1) is 12.3. The lowest BCUT2D eigenvalue weighted by atomic mass is 9.92. The van der Waals surface area contributed by atoms with Crippen molar-refractivity contribution in [3.8, 4) is 5.75 Å². The first kappa shape index (κ1) is 17.3. The normalized spacial score (nSPS) is 12.0. The Morgan fingerprint density at radius 3 is 2.54 bits per heavy atom. The third-order valence-electron chi connectivity index (χ3n) is 4.22. The fourth-order valence-corrected chi connectivity index (χ4v) is 2.86. The largest absolute Gasteiger partial charge is 0.508 e. The Labute approximate surface area is 148 Å². The fraction of sp³-hybridized carbons (Fsp3) is 0.100. The number of fused-ring (bicyclic) bond motifs is 1. The molecule has 26 heavy (non-hydrogen) atoms.